The molecule has 7 nitrogen and oxygen atoms in total. The van der Waals surface area contributed by atoms with Gasteiger partial charge in [-0.3, -0.25) is 4.79 Å². The molecule has 6 N–H and O–H groups in total. The lowest BCUT2D eigenvalue weighted by Gasteiger charge is -2.22. The summed E-state index contributed by atoms with van der Waals surface area (Å²) < 4.78 is 0. The van der Waals surface area contributed by atoms with Crippen molar-refractivity contribution in [3.63, 3.8) is 0 Å². The molecule has 1 aliphatic rings. The zero-order valence-corrected chi connectivity index (χ0v) is 15.0. The monoisotopic (exact) mass is 370 g/mol. The second kappa shape index (κ2) is 12.7. The van der Waals surface area contributed by atoms with Gasteiger partial charge in [0.05, 0.1) is 37.0 Å². The van der Waals surface area contributed by atoms with Gasteiger partial charge in [0.2, 0.25) is 0 Å². The largest absolute Gasteiger partial charge is 0.396 e. The second-order valence-electron chi connectivity index (χ2n) is 7.06. The Morgan fingerprint density at radius 3 is 2.08 bits per heavy atom. The van der Waals surface area contributed by atoms with Crippen LogP contribution < -0.4 is 5.32 Å². The molecule has 5 atom stereocenters. The number of hydrogen-bond donors (Lipinski definition) is 6. The van der Waals surface area contributed by atoms with Crippen LogP contribution in [-0.2, 0) is 4.79 Å². The quantitative estimate of drug-likeness (QED) is 0.185. The van der Waals surface area contributed by atoms with Gasteiger partial charge in [0.1, 0.15) is 5.78 Å². The van der Waals surface area contributed by atoms with Crippen LogP contribution in [0.2, 0.25) is 0 Å². The highest BCUT2D eigenvalue weighted by Gasteiger charge is 2.43. The molecule has 0 aliphatic carbocycles. The van der Waals surface area contributed by atoms with Crippen molar-refractivity contribution in [3.8, 4) is 0 Å². The predicted molar refractivity (Wildman–Crippen MR) is 94.1 cm³/mol. The fourth-order valence-corrected chi connectivity index (χ4v) is 3.36. The summed E-state index contributed by atoms with van der Waals surface area (Å²) >= 11 is 0. The Labute approximate surface area is 150 Å². The number of carbonyl (C=O) groups is 1. The molecule has 0 unspecified atom stereocenters. The van der Waals surface area contributed by atoms with Gasteiger partial charge in [0, 0.05) is 19.4 Å². The van der Waals surface area contributed by atoms with Gasteiger partial charge in [-0.1, -0.05) is 32.1 Å². The summed E-state index contributed by atoms with van der Waals surface area (Å²) in [5.41, 5.74) is 0. The van der Waals surface area contributed by atoms with Crippen LogP contribution in [0.5, 0.6) is 0 Å². The molecule has 7 heteroatoms. The number of carbonyl (C=O) groups excluding carboxylic acids is 1. The Morgan fingerprint density at radius 1 is 0.880 bits per heavy atom. The maximum absolute atomic E-state index is 11.4. The van der Waals surface area contributed by atoms with Gasteiger partial charge in [-0.15, -0.1) is 0 Å². The average Bonchev–Trinajstić information content (AvgIpc) is 2.90. The van der Waals surface area contributed by atoms with E-state index in [0.29, 0.717) is 25.7 Å². The van der Waals surface area contributed by atoms with Crippen molar-refractivity contribution in [2.75, 3.05) is 13.2 Å². The summed E-state index contributed by atoms with van der Waals surface area (Å²) in [6, 6.07) is -1.19. The minimum Gasteiger partial charge on any atom is -0.396 e. The number of Topliss-reactive ketones (excluding diaryl/α,β-unsaturated/α-hetero) is 1. The molecule has 0 bridgehead atoms. The number of unbranched alkanes of at least 4 members (excludes halogenated alkanes) is 5. The van der Waals surface area contributed by atoms with E-state index in [1.165, 1.54) is 0 Å². The lowest BCUT2D eigenvalue weighted by atomic mass is 10.4. The number of hydrogen-bond acceptors (Lipinski definition) is 7. The fourth-order valence-electron chi connectivity index (χ4n) is 3.36. The molecule has 0 saturated carbocycles. The second-order valence-corrected chi connectivity index (χ2v) is 7.06. The van der Waals surface area contributed by atoms with Crippen molar-refractivity contribution >= 4 is 5.78 Å². The van der Waals surface area contributed by atoms with Gasteiger partial charge in [-0.2, -0.15) is 0 Å². The molecule has 0 aromatic heterocycles. The molecule has 0 amide bonds. The first-order valence-corrected chi connectivity index (χ1v) is 9.55. The normalized spacial score (nSPS) is 27.6. The van der Waals surface area contributed by atoms with Crippen LogP contribution in [0.3, 0.4) is 0 Å². The fraction of sp³-hybridized carbons (Fsp3) is 0.944. The molecular weight excluding hydrogens is 335 g/mol. The van der Waals surface area contributed by atoms with Gasteiger partial charge in [0.15, 0.2) is 0 Å². The van der Waals surface area contributed by atoms with Gasteiger partial charge in [-0.05, 0) is 19.3 Å². The van der Waals surface area contributed by atoms with Crippen molar-refractivity contribution in [1.82, 2.24) is 5.32 Å². The summed E-state index contributed by atoms with van der Waals surface area (Å²) in [5.74, 6) is 0.225. The van der Waals surface area contributed by atoms with E-state index >= 15 is 0 Å². The van der Waals surface area contributed by atoms with Crippen LogP contribution in [0.4, 0.5) is 0 Å². The van der Waals surface area contributed by atoms with E-state index in [2.05, 4.69) is 5.32 Å². The Morgan fingerprint density at radius 2 is 1.48 bits per heavy atom. The summed E-state index contributed by atoms with van der Waals surface area (Å²) in [5, 5.41) is 50.4. The Bertz CT molecular complexity index is 367. The van der Waals surface area contributed by atoms with Gasteiger partial charge < -0.3 is 30.8 Å². The van der Waals surface area contributed by atoms with Crippen molar-refractivity contribution in [2.24, 2.45) is 0 Å². The van der Waals surface area contributed by atoms with E-state index in [0.717, 1.165) is 38.5 Å². The Balaban J connectivity index is 2.02. The van der Waals surface area contributed by atoms with Crippen LogP contribution in [0.25, 0.3) is 0 Å². The molecule has 148 valence electrons. The molecular formula is C18H35NO6. The predicted octanol–water partition coefficient (Wildman–Crippen LogP) is -0.136. The molecule has 0 spiro atoms. The standard InChI is InChI=1S/C18H35NO6/c20-11-7-9-13(22)8-5-3-1-2-4-6-10-15(23)16-18(25)17(24)14(12-21)19-16/h14-21,23-25H,1-12H2/t14-,15+,16-,17-,18-/m1/s1/i2+1,3+1,6+1,8+1,9+1,11+1,12+1,15+1,18+1. The van der Waals surface area contributed by atoms with Crippen LogP contribution in [-0.4, -0.2) is 74.9 Å². The molecule has 0 aromatic carbocycles. The summed E-state index contributed by atoms with van der Waals surface area (Å²) in [6.07, 6.45) is 5.13. The molecule has 1 rings (SSSR count). The van der Waals surface area contributed by atoms with Crippen molar-refractivity contribution < 1.29 is 30.3 Å². The molecule has 1 fully saturated rings. The van der Waals surface area contributed by atoms with E-state index in [9.17, 15) is 20.1 Å². The first kappa shape index (κ1) is 22.5. The number of nitrogens with one attached hydrogen (secondary N) is 1. The summed E-state index contributed by atoms with van der Waals surface area (Å²) in [6.45, 7) is -0.200. The molecule has 25 heavy (non-hydrogen) atoms. The number of ketones is 1. The van der Waals surface area contributed by atoms with Crippen LogP contribution >= 0.6 is 0 Å². The summed E-state index contributed by atoms with van der Waals surface area (Å²) in [4.78, 5) is 11.4. The zero-order valence-electron chi connectivity index (χ0n) is 15.0. The maximum Gasteiger partial charge on any atom is 0.132 e. The first-order valence-electron chi connectivity index (χ1n) is 9.55. The molecule has 0 aromatic rings. The van der Waals surface area contributed by atoms with Crippen molar-refractivity contribution in [3.05, 3.63) is 0 Å². The minimum absolute atomic E-state index is 0.0740. The average molecular weight is 370 g/mol. The van der Waals surface area contributed by atoms with E-state index < -0.39 is 30.4 Å². The van der Waals surface area contributed by atoms with Crippen LogP contribution in [0, 0.1) is 0 Å². The van der Waals surface area contributed by atoms with E-state index in [-0.39, 0.29) is 19.0 Å². The molecule has 1 heterocycles. The number of rotatable bonds is 14. The number of aliphatic hydroxyl groups excluding tert-OH is 5. The molecule has 1 saturated heterocycles. The highest BCUT2D eigenvalue weighted by molar-refractivity contribution is 5.78. The highest BCUT2D eigenvalue weighted by Crippen LogP contribution is 2.20. The third-order valence-electron chi connectivity index (χ3n) is 4.97. The van der Waals surface area contributed by atoms with Gasteiger partial charge >= 0.3 is 0 Å². The smallest absolute Gasteiger partial charge is 0.132 e. The van der Waals surface area contributed by atoms with Crippen molar-refractivity contribution in [2.45, 2.75) is 94.6 Å². The van der Waals surface area contributed by atoms with Crippen molar-refractivity contribution in [1.29, 1.82) is 0 Å². The SMILES string of the molecule is O=C([13CH2]C[13CH2]O)[13CH2]C[13CH2]C[13CH2]C[13CH2]C[13C@H](O)[C@H]1N[C@H]([13CH2]O)[C@@H](O)[13C@@H]1O. The highest BCUT2D eigenvalue weighted by atomic mass is 16.4. The first-order chi connectivity index (χ1) is 12.0. The third-order valence-corrected chi connectivity index (χ3v) is 4.97. The van der Waals surface area contributed by atoms with E-state index in [4.69, 9.17) is 10.2 Å². The van der Waals surface area contributed by atoms with E-state index in [1.807, 2.05) is 0 Å². The Kier molecular flexibility index (Phi) is 11.4. The zero-order chi connectivity index (χ0) is 18.7. The topological polar surface area (TPSA) is 130 Å². The molecule has 0 radical (unpaired) electrons. The number of aliphatic hydroxyl groups is 5. The Hall–Kier alpha value is -0.570. The van der Waals surface area contributed by atoms with Gasteiger partial charge in [-0.25, -0.2) is 0 Å². The maximum atomic E-state index is 11.4. The lowest BCUT2D eigenvalue weighted by molar-refractivity contribution is -0.119. The summed E-state index contributed by atoms with van der Waals surface area (Å²) in [7, 11) is 0. The third kappa shape index (κ3) is 8.11. The van der Waals surface area contributed by atoms with Gasteiger partial charge in [0.25, 0.3) is 0 Å². The molecule has 1 aliphatic heterocycles. The van der Waals surface area contributed by atoms with Crippen LogP contribution in [0.15, 0.2) is 0 Å². The van der Waals surface area contributed by atoms with Crippen LogP contribution in [0.1, 0.15) is 64.2 Å². The lowest BCUT2D eigenvalue weighted by Crippen LogP contribution is -2.44. The minimum atomic E-state index is -1.06. The van der Waals surface area contributed by atoms with E-state index in [1.54, 1.807) is 0 Å².